The van der Waals surface area contributed by atoms with Crippen molar-refractivity contribution < 1.29 is 14.3 Å². The Morgan fingerprint density at radius 1 is 0.903 bits per heavy atom. The summed E-state index contributed by atoms with van der Waals surface area (Å²) in [6, 6.07) is 10.2. The van der Waals surface area contributed by atoms with Crippen LogP contribution in [0.4, 0.5) is 4.79 Å². The topological polar surface area (TPSA) is 46.6 Å². The Kier molecular flexibility index (Phi) is 9.89. The van der Waals surface area contributed by atoms with E-state index in [9.17, 15) is 9.59 Å². The van der Waals surface area contributed by atoms with Gasteiger partial charge in [-0.2, -0.15) is 0 Å². The predicted octanol–water partition coefficient (Wildman–Crippen LogP) is 7.06. The highest BCUT2D eigenvalue weighted by Gasteiger charge is 2.43. The van der Waals surface area contributed by atoms with Gasteiger partial charge in [-0.25, -0.2) is 4.79 Å². The highest BCUT2D eigenvalue weighted by atomic mass is 16.6. The summed E-state index contributed by atoms with van der Waals surface area (Å²) in [6.07, 6.45) is 15.4. The van der Waals surface area contributed by atoms with E-state index in [0.717, 1.165) is 50.5 Å². The van der Waals surface area contributed by atoms with Crippen LogP contribution in [0.15, 0.2) is 30.3 Å². The van der Waals surface area contributed by atoms with E-state index in [1.807, 2.05) is 35.2 Å². The van der Waals surface area contributed by atoms with Crippen molar-refractivity contribution in [2.75, 3.05) is 0 Å². The highest BCUT2D eigenvalue weighted by Crippen LogP contribution is 2.38. The summed E-state index contributed by atoms with van der Waals surface area (Å²) in [5.74, 6) is 0.568. The molecule has 0 aromatic heterocycles. The normalized spacial score (nSPS) is 22.9. The summed E-state index contributed by atoms with van der Waals surface area (Å²) in [5.41, 5.74) is 1.01. The number of ketones is 1. The van der Waals surface area contributed by atoms with Gasteiger partial charge in [0.05, 0.1) is 0 Å². The lowest BCUT2D eigenvalue weighted by molar-refractivity contribution is -0.126. The molecule has 4 heteroatoms. The zero-order valence-corrected chi connectivity index (χ0v) is 19.4. The summed E-state index contributed by atoms with van der Waals surface area (Å²) in [5, 5.41) is 0. The van der Waals surface area contributed by atoms with Gasteiger partial charge in [0.2, 0.25) is 0 Å². The van der Waals surface area contributed by atoms with Gasteiger partial charge in [-0.05, 0) is 44.1 Å². The van der Waals surface area contributed by atoms with Gasteiger partial charge in [0.15, 0.2) is 0 Å². The van der Waals surface area contributed by atoms with Crippen molar-refractivity contribution in [3.8, 4) is 0 Å². The number of unbranched alkanes of at least 4 members (excludes halogenated alkanes) is 7. The number of Topliss-reactive ketones (excluding diaryl/α,β-unsaturated/α-hetero) is 1. The quantitative estimate of drug-likeness (QED) is 0.336. The van der Waals surface area contributed by atoms with Gasteiger partial charge in [-0.1, -0.05) is 82.2 Å². The van der Waals surface area contributed by atoms with Crippen LogP contribution in [-0.2, 0) is 16.1 Å². The zero-order chi connectivity index (χ0) is 21.9. The number of rotatable bonds is 12. The molecule has 2 saturated heterocycles. The molecule has 1 aromatic carbocycles. The fourth-order valence-corrected chi connectivity index (χ4v) is 5.37. The molecule has 172 valence electrons. The lowest BCUT2D eigenvalue weighted by Crippen LogP contribution is -2.55. The minimum absolute atomic E-state index is 0.137. The molecule has 0 spiro atoms. The van der Waals surface area contributed by atoms with E-state index in [-0.39, 0.29) is 24.1 Å². The number of hydrogen-bond donors (Lipinski definition) is 0. The average Bonchev–Trinajstić information content (AvgIpc) is 2.79. The van der Waals surface area contributed by atoms with Gasteiger partial charge < -0.3 is 9.64 Å². The standard InChI is InChI=1S/C27H41NO3/c1-2-3-4-5-6-7-8-12-18-26(29)23-19-24-16-13-17-25(20-23)28(24)27(30)31-21-22-14-10-9-11-15-22/h9-11,14-15,23-25H,2-8,12-13,16-21H2,1H3. The van der Waals surface area contributed by atoms with Gasteiger partial charge in [-0.15, -0.1) is 0 Å². The van der Waals surface area contributed by atoms with Crippen molar-refractivity contribution >= 4 is 11.9 Å². The van der Waals surface area contributed by atoms with Crippen molar-refractivity contribution in [1.29, 1.82) is 0 Å². The first kappa shape index (κ1) is 23.8. The number of ether oxygens (including phenoxy) is 1. The second kappa shape index (κ2) is 12.9. The van der Waals surface area contributed by atoms with Gasteiger partial charge in [0.25, 0.3) is 0 Å². The molecule has 2 unspecified atom stereocenters. The van der Waals surface area contributed by atoms with Gasteiger partial charge in [0.1, 0.15) is 12.4 Å². The lowest BCUT2D eigenvalue weighted by atomic mass is 9.76. The van der Waals surface area contributed by atoms with Crippen molar-refractivity contribution in [1.82, 2.24) is 4.90 Å². The Labute approximate surface area is 188 Å². The van der Waals surface area contributed by atoms with Crippen LogP contribution >= 0.6 is 0 Å². The number of piperidine rings is 2. The first-order valence-corrected chi connectivity index (χ1v) is 12.7. The molecule has 2 bridgehead atoms. The second-order valence-electron chi connectivity index (χ2n) is 9.55. The van der Waals surface area contributed by atoms with E-state index < -0.39 is 0 Å². The molecule has 31 heavy (non-hydrogen) atoms. The number of benzene rings is 1. The van der Waals surface area contributed by atoms with Crippen LogP contribution in [0.2, 0.25) is 0 Å². The summed E-state index contributed by atoms with van der Waals surface area (Å²) >= 11 is 0. The number of hydrogen-bond acceptors (Lipinski definition) is 3. The van der Waals surface area contributed by atoms with Crippen LogP contribution in [-0.4, -0.2) is 28.9 Å². The molecule has 3 rings (SSSR count). The molecule has 4 nitrogen and oxygen atoms in total. The molecule has 0 aliphatic carbocycles. The third-order valence-corrected chi connectivity index (χ3v) is 7.12. The van der Waals surface area contributed by atoms with E-state index in [2.05, 4.69) is 6.92 Å². The van der Waals surface area contributed by atoms with Crippen LogP contribution < -0.4 is 0 Å². The molecule has 2 atom stereocenters. The molecule has 0 saturated carbocycles. The summed E-state index contributed by atoms with van der Waals surface area (Å²) in [7, 11) is 0. The number of amides is 1. The fourth-order valence-electron chi connectivity index (χ4n) is 5.37. The average molecular weight is 428 g/mol. The molecule has 2 aliphatic rings. The molecule has 2 aliphatic heterocycles. The summed E-state index contributed by atoms with van der Waals surface area (Å²) in [4.78, 5) is 27.6. The van der Waals surface area contributed by atoms with Crippen molar-refractivity contribution in [3.05, 3.63) is 35.9 Å². The zero-order valence-electron chi connectivity index (χ0n) is 19.4. The van der Waals surface area contributed by atoms with Crippen molar-refractivity contribution in [3.63, 3.8) is 0 Å². The monoisotopic (exact) mass is 427 g/mol. The van der Waals surface area contributed by atoms with Crippen LogP contribution in [0, 0.1) is 5.92 Å². The van der Waals surface area contributed by atoms with Crippen LogP contribution in [0.3, 0.4) is 0 Å². The van der Waals surface area contributed by atoms with E-state index in [4.69, 9.17) is 4.74 Å². The molecule has 1 amide bonds. The minimum atomic E-state index is -0.201. The maximum atomic E-state index is 12.9. The molecular weight excluding hydrogens is 386 g/mol. The van der Waals surface area contributed by atoms with E-state index in [1.54, 1.807) is 0 Å². The largest absolute Gasteiger partial charge is 0.445 e. The van der Waals surface area contributed by atoms with E-state index in [0.29, 0.717) is 12.4 Å². The maximum absolute atomic E-state index is 12.9. The summed E-state index contributed by atoms with van der Waals surface area (Å²) in [6.45, 7) is 2.56. The first-order chi connectivity index (χ1) is 15.2. The Balaban J connectivity index is 1.40. The molecule has 2 fully saturated rings. The van der Waals surface area contributed by atoms with Crippen molar-refractivity contribution in [2.24, 2.45) is 5.92 Å². The third-order valence-electron chi connectivity index (χ3n) is 7.12. The van der Waals surface area contributed by atoms with Crippen LogP contribution in [0.1, 0.15) is 102 Å². The van der Waals surface area contributed by atoms with Gasteiger partial charge in [0, 0.05) is 24.4 Å². The maximum Gasteiger partial charge on any atom is 0.410 e. The molecule has 2 heterocycles. The molecule has 1 aromatic rings. The Bertz CT molecular complexity index is 660. The SMILES string of the molecule is CCCCCCCCCCC(=O)C1CC2CCCC(C1)N2C(=O)OCc1ccccc1. The summed E-state index contributed by atoms with van der Waals surface area (Å²) < 4.78 is 5.63. The number of carbonyl (C=O) groups is 2. The van der Waals surface area contributed by atoms with E-state index in [1.165, 1.54) is 44.9 Å². The number of fused-ring (bicyclic) bond motifs is 2. The molecule has 0 N–H and O–H groups in total. The predicted molar refractivity (Wildman–Crippen MR) is 125 cm³/mol. The number of carbonyl (C=O) groups excluding carboxylic acids is 2. The van der Waals surface area contributed by atoms with Crippen molar-refractivity contribution in [2.45, 2.75) is 116 Å². The fraction of sp³-hybridized carbons (Fsp3) is 0.704. The van der Waals surface area contributed by atoms with Crippen LogP contribution in [0.5, 0.6) is 0 Å². The lowest BCUT2D eigenvalue weighted by Gasteiger charge is -2.47. The third kappa shape index (κ3) is 7.36. The second-order valence-corrected chi connectivity index (χ2v) is 9.55. The molecule has 0 radical (unpaired) electrons. The first-order valence-electron chi connectivity index (χ1n) is 12.7. The Morgan fingerprint density at radius 2 is 1.52 bits per heavy atom. The van der Waals surface area contributed by atoms with E-state index >= 15 is 0 Å². The van der Waals surface area contributed by atoms with Gasteiger partial charge in [-0.3, -0.25) is 4.79 Å². The van der Waals surface area contributed by atoms with Gasteiger partial charge >= 0.3 is 6.09 Å². The Morgan fingerprint density at radius 3 is 2.16 bits per heavy atom. The smallest absolute Gasteiger partial charge is 0.410 e. The Hall–Kier alpha value is -1.84. The number of nitrogens with zero attached hydrogens (tertiary/aromatic N) is 1. The molecular formula is C27H41NO3. The van der Waals surface area contributed by atoms with Crippen LogP contribution in [0.25, 0.3) is 0 Å². The minimum Gasteiger partial charge on any atom is -0.445 e. The highest BCUT2D eigenvalue weighted by molar-refractivity contribution is 5.81.